The molecule has 1 heterocycles. The molecule has 0 radical (unpaired) electrons. The smallest absolute Gasteiger partial charge is 0.251 e. The van der Waals surface area contributed by atoms with Crippen LogP contribution >= 0.6 is 12.4 Å². The number of ether oxygens (including phenoxy) is 2. The van der Waals surface area contributed by atoms with Gasteiger partial charge in [0, 0.05) is 23.7 Å². The van der Waals surface area contributed by atoms with Crippen LogP contribution in [0.25, 0.3) is 0 Å². The standard InChI is InChI=1S/C18H28N2O3.ClH/c1-12-14(22-4)9-13(10-15(12)23-5)17(21)20-11-16-18(2,3)7-6-8-19-16;/h9-10,16,19H,6-8,11H2,1-5H3,(H,20,21);1H. The molecular formula is C18H29ClN2O3. The lowest BCUT2D eigenvalue weighted by Gasteiger charge is -2.39. The van der Waals surface area contributed by atoms with Gasteiger partial charge in [-0.15, -0.1) is 12.4 Å². The second kappa shape index (κ2) is 8.58. The summed E-state index contributed by atoms with van der Waals surface area (Å²) in [7, 11) is 3.19. The van der Waals surface area contributed by atoms with E-state index in [-0.39, 0.29) is 29.8 Å². The van der Waals surface area contributed by atoms with Crippen molar-refractivity contribution in [3.05, 3.63) is 23.3 Å². The minimum Gasteiger partial charge on any atom is -0.496 e. The number of piperidine rings is 1. The summed E-state index contributed by atoms with van der Waals surface area (Å²) in [4.78, 5) is 12.5. The van der Waals surface area contributed by atoms with Gasteiger partial charge in [-0.2, -0.15) is 0 Å². The first-order valence-corrected chi connectivity index (χ1v) is 8.13. The molecule has 1 aliphatic heterocycles. The largest absolute Gasteiger partial charge is 0.496 e. The van der Waals surface area contributed by atoms with Gasteiger partial charge in [0.15, 0.2) is 0 Å². The summed E-state index contributed by atoms with van der Waals surface area (Å²) in [5.74, 6) is 1.21. The van der Waals surface area contributed by atoms with Crippen LogP contribution in [0.2, 0.25) is 0 Å². The van der Waals surface area contributed by atoms with Crippen LogP contribution in [0, 0.1) is 12.3 Å². The van der Waals surface area contributed by atoms with Crippen molar-refractivity contribution >= 4 is 18.3 Å². The number of methoxy groups -OCH3 is 2. The first-order valence-electron chi connectivity index (χ1n) is 8.13. The topological polar surface area (TPSA) is 59.6 Å². The van der Waals surface area contributed by atoms with Gasteiger partial charge in [-0.25, -0.2) is 0 Å². The van der Waals surface area contributed by atoms with E-state index < -0.39 is 0 Å². The van der Waals surface area contributed by atoms with Gasteiger partial charge < -0.3 is 20.1 Å². The number of rotatable bonds is 5. The average molecular weight is 357 g/mol. The third-order valence-corrected chi connectivity index (χ3v) is 4.81. The van der Waals surface area contributed by atoms with E-state index >= 15 is 0 Å². The maximum Gasteiger partial charge on any atom is 0.251 e. The minimum absolute atomic E-state index is 0. The molecule has 2 N–H and O–H groups in total. The summed E-state index contributed by atoms with van der Waals surface area (Å²) in [6, 6.07) is 3.80. The highest BCUT2D eigenvalue weighted by atomic mass is 35.5. The van der Waals surface area contributed by atoms with Gasteiger partial charge in [-0.1, -0.05) is 13.8 Å². The van der Waals surface area contributed by atoms with Gasteiger partial charge >= 0.3 is 0 Å². The number of carbonyl (C=O) groups is 1. The SMILES string of the molecule is COc1cc(C(=O)NCC2NCCCC2(C)C)cc(OC)c1C.Cl. The molecule has 0 saturated carbocycles. The van der Waals surface area contributed by atoms with E-state index in [2.05, 4.69) is 24.5 Å². The summed E-state index contributed by atoms with van der Waals surface area (Å²) < 4.78 is 10.7. The van der Waals surface area contributed by atoms with Crippen LogP contribution in [0.1, 0.15) is 42.6 Å². The van der Waals surface area contributed by atoms with E-state index in [1.54, 1.807) is 26.4 Å². The van der Waals surface area contributed by atoms with Crippen LogP contribution in [-0.4, -0.2) is 39.3 Å². The molecule has 1 amide bonds. The fraction of sp³-hybridized carbons (Fsp3) is 0.611. The molecule has 1 aromatic carbocycles. The van der Waals surface area contributed by atoms with E-state index in [4.69, 9.17) is 9.47 Å². The third-order valence-electron chi connectivity index (χ3n) is 4.81. The maximum absolute atomic E-state index is 12.5. The van der Waals surface area contributed by atoms with Crippen molar-refractivity contribution in [3.63, 3.8) is 0 Å². The second-order valence-electron chi connectivity index (χ2n) is 6.81. The molecule has 1 aliphatic rings. The predicted molar refractivity (Wildman–Crippen MR) is 98.7 cm³/mol. The normalized spacial score (nSPS) is 19.1. The Kier molecular flexibility index (Phi) is 7.36. The van der Waals surface area contributed by atoms with Crippen molar-refractivity contribution in [2.45, 2.75) is 39.7 Å². The number of hydrogen-bond donors (Lipinski definition) is 2. The van der Waals surface area contributed by atoms with E-state index in [9.17, 15) is 4.79 Å². The molecule has 0 aliphatic carbocycles. The summed E-state index contributed by atoms with van der Waals surface area (Å²) in [5.41, 5.74) is 1.63. The Morgan fingerprint density at radius 1 is 1.29 bits per heavy atom. The first-order chi connectivity index (χ1) is 10.9. The molecule has 0 bridgehead atoms. The summed E-state index contributed by atoms with van der Waals surface area (Å²) in [5, 5.41) is 6.54. The number of amides is 1. The Hall–Kier alpha value is -1.46. The van der Waals surface area contributed by atoms with Crippen LogP contribution in [0.3, 0.4) is 0 Å². The van der Waals surface area contributed by atoms with Crippen molar-refractivity contribution in [1.82, 2.24) is 10.6 Å². The number of nitrogens with one attached hydrogen (secondary N) is 2. The molecule has 5 nitrogen and oxygen atoms in total. The van der Waals surface area contributed by atoms with Gasteiger partial charge in [0.1, 0.15) is 11.5 Å². The maximum atomic E-state index is 12.5. The lowest BCUT2D eigenvalue weighted by atomic mass is 9.77. The summed E-state index contributed by atoms with van der Waals surface area (Å²) in [6.07, 6.45) is 2.36. The molecule has 24 heavy (non-hydrogen) atoms. The van der Waals surface area contributed by atoms with Crippen LogP contribution in [0.5, 0.6) is 11.5 Å². The van der Waals surface area contributed by atoms with Crippen molar-refractivity contribution < 1.29 is 14.3 Å². The van der Waals surface area contributed by atoms with Crippen LogP contribution in [0.15, 0.2) is 12.1 Å². The molecule has 6 heteroatoms. The molecule has 2 rings (SSSR count). The van der Waals surface area contributed by atoms with Crippen LogP contribution in [0.4, 0.5) is 0 Å². The van der Waals surface area contributed by atoms with Gasteiger partial charge in [0.05, 0.1) is 14.2 Å². The molecule has 1 unspecified atom stereocenters. The highest BCUT2D eigenvalue weighted by Gasteiger charge is 2.32. The molecule has 0 aromatic heterocycles. The zero-order chi connectivity index (χ0) is 17.0. The van der Waals surface area contributed by atoms with E-state index in [0.29, 0.717) is 23.6 Å². The zero-order valence-corrected chi connectivity index (χ0v) is 16.0. The first kappa shape index (κ1) is 20.6. The fourth-order valence-electron chi connectivity index (χ4n) is 3.13. The lowest BCUT2D eigenvalue weighted by Crippen LogP contribution is -2.52. The van der Waals surface area contributed by atoms with Crippen LogP contribution < -0.4 is 20.1 Å². The molecular weight excluding hydrogens is 328 g/mol. The molecule has 0 spiro atoms. The van der Waals surface area contributed by atoms with E-state index in [0.717, 1.165) is 12.1 Å². The van der Waals surface area contributed by atoms with Crippen LogP contribution in [-0.2, 0) is 0 Å². The van der Waals surface area contributed by atoms with Crippen molar-refractivity contribution in [1.29, 1.82) is 0 Å². The Morgan fingerprint density at radius 3 is 2.38 bits per heavy atom. The average Bonchev–Trinajstić information content (AvgIpc) is 2.53. The Labute approximate surface area is 150 Å². The van der Waals surface area contributed by atoms with Gasteiger partial charge in [0.25, 0.3) is 5.91 Å². The van der Waals surface area contributed by atoms with E-state index in [1.165, 1.54) is 12.8 Å². The zero-order valence-electron chi connectivity index (χ0n) is 15.2. The molecule has 1 saturated heterocycles. The quantitative estimate of drug-likeness (QED) is 0.851. The number of benzene rings is 1. The molecule has 1 aromatic rings. The Bertz CT molecular complexity index is 550. The van der Waals surface area contributed by atoms with Gasteiger partial charge in [-0.05, 0) is 43.9 Å². The number of hydrogen-bond acceptors (Lipinski definition) is 4. The summed E-state index contributed by atoms with van der Waals surface area (Å²) in [6.45, 7) is 8.02. The molecule has 1 fully saturated rings. The second-order valence-corrected chi connectivity index (χ2v) is 6.81. The van der Waals surface area contributed by atoms with Crippen molar-refractivity contribution in [3.8, 4) is 11.5 Å². The number of halogens is 1. The highest BCUT2D eigenvalue weighted by Crippen LogP contribution is 2.31. The Morgan fingerprint density at radius 2 is 1.88 bits per heavy atom. The van der Waals surface area contributed by atoms with Crippen molar-refractivity contribution in [2.75, 3.05) is 27.3 Å². The third kappa shape index (κ3) is 4.54. The monoisotopic (exact) mass is 356 g/mol. The predicted octanol–water partition coefficient (Wildman–Crippen LogP) is 2.94. The minimum atomic E-state index is -0.107. The highest BCUT2D eigenvalue weighted by molar-refractivity contribution is 5.95. The van der Waals surface area contributed by atoms with Crippen molar-refractivity contribution in [2.24, 2.45) is 5.41 Å². The molecule has 1 atom stereocenters. The van der Waals surface area contributed by atoms with Gasteiger partial charge in [0.2, 0.25) is 0 Å². The van der Waals surface area contributed by atoms with Gasteiger partial charge in [-0.3, -0.25) is 4.79 Å². The van der Waals surface area contributed by atoms with E-state index in [1.807, 2.05) is 6.92 Å². The summed E-state index contributed by atoms with van der Waals surface area (Å²) >= 11 is 0. The number of carbonyl (C=O) groups excluding carboxylic acids is 1. The molecule has 136 valence electrons. The fourth-order valence-corrected chi connectivity index (χ4v) is 3.13. The Balaban J connectivity index is 0.00000288. The lowest BCUT2D eigenvalue weighted by molar-refractivity contribution is 0.0928.